The first kappa shape index (κ1) is 12.9. The van der Waals surface area contributed by atoms with Gasteiger partial charge in [0.25, 0.3) is 0 Å². The summed E-state index contributed by atoms with van der Waals surface area (Å²) in [7, 11) is 0. The van der Waals surface area contributed by atoms with E-state index < -0.39 is 0 Å². The number of hydrogen-bond acceptors (Lipinski definition) is 2. The topological polar surface area (TPSA) is 41.1 Å². The molecule has 98 valence electrons. The Morgan fingerprint density at radius 2 is 2.18 bits per heavy atom. The Kier molecular flexibility index (Phi) is 4.08. The molecule has 0 spiro atoms. The van der Waals surface area contributed by atoms with E-state index in [4.69, 9.17) is 0 Å². The quantitative estimate of drug-likeness (QED) is 0.787. The van der Waals surface area contributed by atoms with Crippen LogP contribution in [-0.2, 0) is 4.79 Å². The highest BCUT2D eigenvalue weighted by Gasteiger charge is 2.38. The number of rotatable bonds is 4. The molecular weight excluding hydrogens is 212 g/mol. The Morgan fingerprint density at radius 3 is 2.76 bits per heavy atom. The molecule has 1 saturated carbocycles. The third-order valence-electron chi connectivity index (χ3n) is 4.53. The van der Waals surface area contributed by atoms with E-state index >= 15 is 0 Å². The summed E-state index contributed by atoms with van der Waals surface area (Å²) in [6.07, 6.45) is 7.10. The summed E-state index contributed by atoms with van der Waals surface area (Å²) < 4.78 is 0. The van der Waals surface area contributed by atoms with E-state index in [0.29, 0.717) is 6.04 Å². The molecule has 1 aliphatic carbocycles. The van der Waals surface area contributed by atoms with Gasteiger partial charge in [0.2, 0.25) is 5.91 Å². The lowest BCUT2D eigenvalue weighted by atomic mass is 9.81. The molecule has 2 aliphatic rings. The van der Waals surface area contributed by atoms with Crippen LogP contribution in [0.1, 0.15) is 52.4 Å². The third-order valence-corrected chi connectivity index (χ3v) is 4.53. The predicted octanol–water partition coefficient (Wildman–Crippen LogP) is 2.07. The molecule has 2 rings (SSSR count). The van der Waals surface area contributed by atoms with Gasteiger partial charge in [-0.2, -0.15) is 0 Å². The van der Waals surface area contributed by atoms with Crippen LogP contribution < -0.4 is 10.6 Å². The van der Waals surface area contributed by atoms with Crippen LogP contribution in [0, 0.1) is 11.3 Å². The number of carbonyl (C=O) groups excluding carboxylic acids is 1. The minimum Gasteiger partial charge on any atom is -0.356 e. The molecule has 17 heavy (non-hydrogen) atoms. The molecule has 1 amide bonds. The number of carbonyl (C=O) groups is 1. The summed E-state index contributed by atoms with van der Waals surface area (Å²) in [6, 6.07) is 0.631. The Balaban J connectivity index is 1.70. The molecule has 0 aromatic heterocycles. The average molecular weight is 238 g/mol. The molecule has 0 radical (unpaired) electrons. The van der Waals surface area contributed by atoms with E-state index in [-0.39, 0.29) is 17.2 Å². The van der Waals surface area contributed by atoms with Crippen LogP contribution in [0.4, 0.5) is 0 Å². The van der Waals surface area contributed by atoms with Gasteiger partial charge in [-0.15, -0.1) is 0 Å². The standard InChI is InChI=1S/C14H26N2O/c1-14(2)8-3-6-12(14)13(17)16-10-7-11-5-4-9-15-11/h11-12,15H,3-10H2,1-2H3,(H,16,17). The van der Waals surface area contributed by atoms with Gasteiger partial charge in [0, 0.05) is 18.5 Å². The smallest absolute Gasteiger partial charge is 0.223 e. The van der Waals surface area contributed by atoms with Gasteiger partial charge in [0.15, 0.2) is 0 Å². The second-order valence-electron chi connectivity index (χ2n) is 6.31. The van der Waals surface area contributed by atoms with Gasteiger partial charge < -0.3 is 10.6 Å². The fourth-order valence-electron chi connectivity index (χ4n) is 3.31. The third kappa shape index (κ3) is 3.21. The Bertz CT molecular complexity index is 269. The molecule has 2 fully saturated rings. The van der Waals surface area contributed by atoms with Gasteiger partial charge in [-0.1, -0.05) is 20.3 Å². The van der Waals surface area contributed by atoms with Crippen LogP contribution in [0.15, 0.2) is 0 Å². The molecular formula is C14H26N2O. The van der Waals surface area contributed by atoms with Crippen molar-refractivity contribution in [2.24, 2.45) is 11.3 Å². The normalized spacial score (nSPS) is 31.6. The van der Waals surface area contributed by atoms with E-state index in [1.165, 1.54) is 25.7 Å². The van der Waals surface area contributed by atoms with Gasteiger partial charge in [-0.05, 0) is 44.1 Å². The Hall–Kier alpha value is -0.570. The summed E-state index contributed by atoms with van der Waals surface area (Å²) in [5.41, 5.74) is 0.204. The lowest BCUT2D eigenvalue weighted by Gasteiger charge is -2.26. The molecule has 0 aromatic rings. The minimum atomic E-state index is 0.204. The van der Waals surface area contributed by atoms with Gasteiger partial charge in [0.05, 0.1) is 0 Å². The first-order chi connectivity index (χ1) is 8.09. The summed E-state index contributed by atoms with van der Waals surface area (Å²) in [6.45, 7) is 6.43. The molecule has 3 heteroatoms. The Morgan fingerprint density at radius 1 is 1.35 bits per heavy atom. The molecule has 2 atom stereocenters. The maximum Gasteiger partial charge on any atom is 0.223 e. The lowest BCUT2D eigenvalue weighted by molar-refractivity contribution is -0.127. The summed E-state index contributed by atoms with van der Waals surface area (Å²) in [5, 5.41) is 6.59. The maximum absolute atomic E-state index is 12.1. The zero-order valence-corrected chi connectivity index (χ0v) is 11.2. The van der Waals surface area contributed by atoms with Crippen molar-refractivity contribution in [2.75, 3.05) is 13.1 Å². The largest absolute Gasteiger partial charge is 0.356 e. The highest BCUT2D eigenvalue weighted by molar-refractivity contribution is 5.79. The second-order valence-corrected chi connectivity index (χ2v) is 6.31. The predicted molar refractivity (Wildman–Crippen MR) is 69.8 cm³/mol. The number of amides is 1. The molecule has 1 saturated heterocycles. The van der Waals surface area contributed by atoms with Crippen LogP contribution >= 0.6 is 0 Å². The van der Waals surface area contributed by atoms with E-state index in [1.54, 1.807) is 0 Å². The van der Waals surface area contributed by atoms with Crippen LogP contribution in [-0.4, -0.2) is 25.0 Å². The number of hydrogen-bond donors (Lipinski definition) is 2. The average Bonchev–Trinajstić information content (AvgIpc) is 2.87. The van der Waals surface area contributed by atoms with Crippen molar-refractivity contribution in [1.82, 2.24) is 10.6 Å². The highest BCUT2D eigenvalue weighted by atomic mass is 16.1. The van der Waals surface area contributed by atoms with Gasteiger partial charge in [-0.3, -0.25) is 4.79 Å². The highest BCUT2D eigenvalue weighted by Crippen LogP contribution is 2.42. The maximum atomic E-state index is 12.1. The fraction of sp³-hybridized carbons (Fsp3) is 0.929. The van der Waals surface area contributed by atoms with Crippen LogP contribution in [0.5, 0.6) is 0 Å². The summed E-state index contributed by atoms with van der Waals surface area (Å²) >= 11 is 0. The van der Waals surface area contributed by atoms with Crippen LogP contribution in [0.3, 0.4) is 0 Å². The lowest BCUT2D eigenvalue weighted by Crippen LogP contribution is -2.38. The fourth-order valence-corrected chi connectivity index (χ4v) is 3.31. The van der Waals surface area contributed by atoms with E-state index in [9.17, 15) is 4.79 Å². The first-order valence-corrected chi connectivity index (χ1v) is 7.11. The zero-order chi connectivity index (χ0) is 12.3. The van der Waals surface area contributed by atoms with E-state index in [2.05, 4.69) is 24.5 Å². The van der Waals surface area contributed by atoms with E-state index in [1.807, 2.05) is 0 Å². The van der Waals surface area contributed by atoms with Crippen molar-refractivity contribution in [3.63, 3.8) is 0 Å². The van der Waals surface area contributed by atoms with Crippen molar-refractivity contribution >= 4 is 5.91 Å². The minimum absolute atomic E-state index is 0.204. The monoisotopic (exact) mass is 238 g/mol. The molecule has 1 heterocycles. The van der Waals surface area contributed by atoms with Crippen molar-refractivity contribution < 1.29 is 4.79 Å². The first-order valence-electron chi connectivity index (χ1n) is 7.11. The van der Waals surface area contributed by atoms with Gasteiger partial charge in [0.1, 0.15) is 0 Å². The van der Waals surface area contributed by atoms with Crippen molar-refractivity contribution in [1.29, 1.82) is 0 Å². The van der Waals surface area contributed by atoms with Crippen LogP contribution in [0.25, 0.3) is 0 Å². The molecule has 2 N–H and O–H groups in total. The molecule has 0 aromatic carbocycles. The molecule has 3 nitrogen and oxygen atoms in total. The van der Waals surface area contributed by atoms with Crippen molar-refractivity contribution in [3.05, 3.63) is 0 Å². The van der Waals surface area contributed by atoms with Crippen molar-refractivity contribution in [2.45, 2.75) is 58.4 Å². The van der Waals surface area contributed by atoms with Gasteiger partial charge in [-0.25, -0.2) is 0 Å². The molecule has 1 aliphatic heterocycles. The molecule has 2 unspecified atom stereocenters. The zero-order valence-electron chi connectivity index (χ0n) is 11.2. The van der Waals surface area contributed by atoms with Gasteiger partial charge >= 0.3 is 0 Å². The van der Waals surface area contributed by atoms with E-state index in [0.717, 1.165) is 25.9 Å². The number of nitrogens with one attached hydrogen (secondary N) is 2. The van der Waals surface area contributed by atoms with Crippen LogP contribution in [0.2, 0.25) is 0 Å². The summed E-state index contributed by atoms with van der Waals surface area (Å²) in [5.74, 6) is 0.518. The van der Waals surface area contributed by atoms with Crippen molar-refractivity contribution in [3.8, 4) is 0 Å². The SMILES string of the molecule is CC1(C)CCCC1C(=O)NCCC1CCCN1. The summed E-state index contributed by atoms with van der Waals surface area (Å²) in [4.78, 5) is 12.1. The molecule has 0 bridgehead atoms. The second kappa shape index (κ2) is 5.38. The Labute approximate surface area is 105 Å².